The van der Waals surface area contributed by atoms with Crippen LogP contribution in [0, 0.1) is 5.92 Å². The predicted octanol–water partition coefficient (Wildman–Crippen LogP) is 3.27. The lowest BCUT2D eigenvalue weighted by molar-refractivity contribution is -0.136. The summed E-state index contributed by atoms with van der Waals surface area (Å²) in [5, 5.41) is 3.87. The molecule has 1 amide bonds. The number of hydrogen-bond acceptors (Lipinski definition) is 7. The molecule has 30 heavy (non-hydrogen) atoms. The molecule has 2 unspecified atom stereocenters. The van der Waals surface area contributed by atoms with Crippen molar-refractivity contribution in [1.82, 2.24) is 20.0 Å². The number of fused-ring (bicyclic) bond motifs is 2. The Kier molecular flexibility index (Phi) is 4.95. The molecule has 0 N–H and O–H groups in total. The molecule has 5 rings (SSSR count). The van der Waals surface area contributed by atoms with E-state index in [2.05, 4.69) is 24.9 Å². The third-order valence-corrected chi connectivity index (χ3v) is 7.38. The molecule has 0 spiro atoms. The molecule has 160 valence electrons. The Morgan fingerprint density at radius 1 is 1.23 bits per heavy atom. The van der Waals surface area contributed by atoms with Crippen molar-refractivity contribution in [2.24, 2.45) is 5.92 Å². The zero-order valence-corrected chi connectivity index (χ0v) is 18.1. The Hall–Kier alpha value is -2.16. The quantitative estimate of drug-likeness (QED) is 0.735. The monoisotopic (exact) mass is 431 g/mol. The third kappa shape index (κ3) is 3.57. The normalized spacial score (nSPS) is 24.6. The number of rotatable bonds is 4. The second-order valence-electron chi connectivity index (χ2n) is 8.87. The number of thioether (sulfide) groups is 1. The fraction of sp³-hybridized carbons (Fsp3) is 0.619. The van der Waals surface area contributed by atoms with Gasteiger partial charge in [-0.25, -0.2) is 9.37 Å². The molecule has 7 nitrogen and oxygen atoms in total. The van der Waals surface area contributed by atoms with Crippen LogP contribution in [-0.4, -0.2) is 62.6 Å². The van der Waals surface area contributed by atoms with E-state index < -0.39 is 5.67 Å². The number of likely N-dealkylation sites (tertiary alicyclic amines) is 1. The number of hydrogen-bond donors (Lipinski definition) is 0. The van der Waals surface area contributed by atoms with Gasteiger partial charge in [0, 0.05) is 30.8 Å². The van der Waals surface area contributed by atoms with Crippen LogP contribution in [0.25, 0.3) is 11.4 Å². The number of aromatic nitrogens is 3. The van der Waals surface area contributed by atoms with E-state index in [4.69, 9.17) is 4.52 Å². The highest BCUT2D eigenvalue weighted by Gasteiger charge is 2.46. The van der Waals surface area contributed by atoms with Crippen LogP contribution in [0.1, 0.15) is 39.0 Å². The van der Waals surface area contributed by atoms with Gasteiger partial charge in [0.15, 0.2) is 5.67 Å². The summed E-state index contributed by atoms with van der Waals surface area (Å²) in [5.41, 5.74) is -0.984. The largest absolute Gasteiger partial charge is 0.350 e. The van der Waals surface area contributed by atoms with E-state index >= 15 is 0 Å². The molecule has 3 saturated heterocycles. The maximum absolute atomic E-state index is 14.0. The molecule has 3 aliphatic heterocycles. The summed E-state index contributed by atoms with van der Waals surface area (Å²) < 4.78 is 19.0. The maximum Gasteiger partial charge on any atom is 0.264 e. The Balaban J connectivity index is 1.25. The van der Waals surface area contributed by atoms with Crippen LogP contribution in [0.3, 0.4) is 0 Å². The number of pyridine rings is 1. The lowest BCUT2D eigenvalue weighted by Gasteiger charge is -2.37. The first kappa shape index (κ1) is 19.8. The summed E-state index contributed by atoms with van der Waals surface area (Å²) in [6.07, 6.45) is 4.74. The second-order valence-corrected chi connectivity index (χ2v) is 10.1. The number of amides is 1. The van der Waals surface area contributed by atoms with Gasteiger partial charge in [-0.05, 0) is 56.7 Å². The van der Waals surface area contributed by atoms with Crippen LogP contribution in [0.2, 0.25) is 0 Å². The smallest absolute Gasteiger partial charge is 0.264 e. The molecule has 2 bridgehead atoms. The van der Waals surface area contributed by atoms with Gasteiger partial charge in [-0.15, -0.1) is 0 Å². The van der Waals surface area contributed by atoms with Gasteiger partial charge >= 0.3 is 0 Å². The van der Waals surface area contributed by atoms with Crippen molar-refractivity contribution in [3.63, 3.8) is 0 Å². The van der Waals surface area contributed by atoms with Crippen LogP contribution in [0.5, 0.6) is 0 Å². The van der Waals surface area contributed by atoms with E-state index in [1.54, 1.807) is 6.20 Å². The molecule has 9 heteroatoms. The summed E-state index contributed by atoms with van der Waals surface area (Å²) in [7, 11) is 0. The first-order valence-corrected chi connectivity index (χ1v) is 11.7. The van der Waals surface area contributed by atoms with E-state index in [9.17, 15) is 9.18 Å². The van der Waals surface area contributed by atoms with Crippen molar-refractivity contribution in [3.8, 4) is 11.4 Å². The van der Waals surface area contributed by atoms with Gasteiger partial charge in [-0.1, -0.05) is 5.16 Å². The predicted molar refractivity (Wildman–Crippen MR) is 113 cm³/mol. The summed E-state index contributed by atoms with van der Waals surface area (Å²) >= 11 is 1.95. The standard InChI is InChI=1S/C21H26FN5O2S/c1-21(2,22)20-24-18(25-29-20)14-3-4-17(23-10-14)26-11-16-9-15(26)12-27(16)19(28)13-5-7-30-8-6-13/h3-4,10,13,15-16H,5-9,11-12H2,1-2H3. The van der Waals surface area contributed by atoms with Crippen molar-refractivity contribution in [2.75, 3.05) is 29.5 Å². The van der Waals surface area contributed by atoms with E-state index in [0.717, 1.165) is 49.7 Å². The number of anilines is 1. The van der Waals surface area contributed by atoms with Crippen molar-refractivity contribution in [2.45, 2.75) is 50.9 Å². The topological polar surface area (TPSA) is 75.4 Å². The minimum Gasteiger partial charge on any atom is -0.350 e. The van der Waals surface area contributed by atoms with Gasteiger partial charge in [0.1, 0.15) is 5.82 Å². The highest BCUT2D eigenvalue weighted by atomic mass is 32.2. The Bertz CT molecular complexity index is 922. The number of halogens is 1. The van der Waals surface area contributed by atoms with Crippen LogP contribution in [0.15, 0.2) is 22.9 Å². The van der Waals surface area contributed by atoms with Gasteiger partial charge < -0.3 is 14.3 Å². The van der Waals surface area contributed by atoms with Gasteiger partial charge in [-0.2, -0.15) is 16.7 Å². The molecule has 3 aliphatic rings. The molecule has 5 heterocycles. The van der Waals surface area contributed by atoms with Crippen molar-refractivity contribution >= 4 is 23.5 Å². The first-order valence-electron chi connectivity index (χ1n) is 10.5. The van der Waals surface area contributed by atoms with Gasteiger partial charge in [-0.3, -0.25) is 4.79 Å². The summed E-state index contributed by atoms with van der Waals surface area (Å²) in [4.78, 5) is 26.1. The molecule has 0 saturated carbocycles. The van der Waals surface area contributed by atoms with E-state index in [0.29, 0.717) is 23.3 Å². The van der Waals surface area contributed by atoms with Crippen molar-refractivity contribution in [1.29, 1.82) is 0 Å². The van der Waals surface area contributed by atoms with Crippen LogP contribution in [-0.2, 0) is 10.5 Å². The van der Waals surface area contributed by atoms with Crippen molar-refractivity contribution < 1.29 is 13.7 Å². The molecular formula is C21H26FN5O2S. The summed E-state index contributed by atoms with van der Waals surface area (Å²) in [5.74, 6) is 3.96. The SMILES string of the molecule is CC(C)(F)c1nc(-c2ccc(N3CC4CC3CN4C(=O)C3CCSCC3)nc2)no1. The highest BCUT2D eigenvalue weighted by Crippen LogP contribution is 2.36. The highest BCUT2D eigenvalue weighted by molar-refractivity contribution is 7.99. The van der Waals surface area contributed by atoms with Gasteiger partial charge in [0.2, 0.25) is 11.7 Å². The summed E-state index contributed by atoms with van der Waals surface area (Å²) in [6.45, 7) is 4.38. The number of carbonyl (C=O) groups is 1. The van der Waals surface area contributed by atoms with Gasteiger partial charge in [0.25, 0.3) is 5.89 Å². The zero-order chi connectivity index (χ0) is 20.9. The molecule has 0 aliphatic carbocycles. The van der Waals surface area contributed by atoms with Crippen molar-refractivity contribution in [3.05, 3.63) is 24.2 Å². The van der Waals surface area contributed by atoms with Crippen LogP contribution >= 0.6 is 11.8 Å². The molecule has 2 atom stereocenters. The van der Waals surface area contributed by atoms with E-state index in [-0.39, 0.29) is 17.9 Å². The number of nitrogens with zero attached hydrogens (tertiary/aromatic N) is 5. The maximum atomic E-state index is 14.0. The lowest BCUT2D eigenvalue weighted by atomic mass is 10.0. The Morgan fingerprint density at radius 2 is 2.03 bits per heavy atom. The zero-order valence-electron chi connectivity index (χ0n) is 17.3. The average molecular weight is 432 g/mol. The molecular weight excluding hydrogens is 405 g/mol. The van der Waals surface area contributed by atoms with Crippen LogP contribution < -0.4 is 4.90 Å². The fourth-order valence-electron chi connectivity index (χ4n) is 4.67. The van der Waals surface area contributed by atoms with E-state index in [1.807, 2.05) is 23.9 Å². The third-order valence-electron chi connectivity index (χ3n) is 6.33. The molecule has 3 fully saturated rings. The minimum absolute atomic E-state index is 0.0419. The number of carbonyl (C=O) groups excluding carboxylic acids is 1. The molecule has 0 radical (unpaired) electrons. The summed E-state index contributed by atoms with van der Waals surface area (Å²) in [6, 6.07) is 4.43. The van der Waals surface area contributed by atoms with Gasteiger partial charge in [0.05, 0.1) is 12.1 Å². The molecule has 2 aromatic rings. The minimum atomic E-state index is -1.67. The Morgan fingerprint density at radius 3 is 2.63 bits per heavy atom. The average Bonchev–Trinajstić information content (AvgIpc) is 3.49. The molecule has 0 aromatic carbocycles. The molecule has 2 aromatic heterocycles. The van der Waals surface area contributed by atoms with E-state index in [1.165, 1.54) is 13.8 Å². The van der Waals surface area contributed by atoms with Crippen LogP contribution in [0.4, 0.5) is 10.2 Å². The lowest BCUT2D eigenvalue weighted by Crippen LogP contribution is -2.51. The first-order chi connectivity index (χ1) is 14.4. The Labute approximate surface area is 179 Å². The fourth-order valence-corrected chi connectivity index (χ4v) is 5.77. The number of alkyl halides is 1. The number of piperazine rings is 1. The second kappa shape index (κ2) is 7.51.